The zero-order valence-corrected chi connectivity index (χ0v) is 15.9. The number of amides is 2. The number of carbonyl (C=O) groups is 2. The summed E-state index contributed by atoms with van der Waals surface area (Å²) in [7, 11) is 1.62. The van der Waals surface area contributed by atoms with E-state index in [0.717, 1.165) is 12.0 Å². The molecule has 2 heterocycles. The third kappa shape index (κ3) is 4.75. The third-order valence-electron chi connectivity index (χ3n) is 4.32. The second-order valence-electron chi connectivity index (χ2n) is 6.33. The number of fused-ring (bicyclic) bond motifs is 1. The first-order chi connectivity index (χ1) is 13.7. The number of methoxy groups -OCH3 is 1. The van der Waals surface area contributed by atoms with Crippen LogP contribution in [0.2, 0.25) is 0 Å². The summed E-state index contributed by atoms with van der Waals surface area (Å²) in [4.78, 5) is 29.5. The first-order valence-corrected chi connectivity index (χ1v) is 9.27. The van der Waals surface area contributed by atoms with Gasteiger partial charge in [-0.3, -0.25) is 14.0 Å². The van der Waals surface area contributed by atoms with Crippen molar-refractivity contribution in [2.75, 3.05) is 26.8 Å². The molecule has 7 heteroatoms. The minimum atomic E-state index is -0.310. The van der Waals surface area contributed by atoms with Crippen LogP contribution in [0.15, 0.2) is 54.7 Å². The van der Waals surface area contributed by atoms with Crippen LogP contribution >= 0.6 is 0 Å². The molecule has 0 aliphatic carbocycles. The lowest BCUT2D eigenvalue weighted by molar-refractivity contribution is 0.0943. The van der Waals surface area contributed by atoms with Gasteiger partial charge in [0, 0.05) is 33.0 Å². The van der Waals surface area contributed by atoms with E-state index >= 15 is 0 Å². The molecule has 0 spiro atoms. The minimum absolute atomic E-state index is 0.200. The van der Waals surface area contributed by atoms with Crippen LogP contribution in [-0.2, 0) is 11.2 Å². The van der Waals surface area contributed by atoms with E-state index in [4.69, 9.17) is 4.74 Å². The van der Waals surface area contributed by atoms with Gasteiger partial charge in [0.05, 0.1) is 5.52 Å². The highest BCUT2D eigenvalue weighted by Crippen LogP contribution is 2.13. The molecule has 2 N–H and O–H groups in total. The monoisotopic (exact) mass is 380 g/mol. The quantitative estimate of drug-likeness (QED) is 0.557. The van der Waals surface area contributed by atoms with Crippen molar-refractivity contribution < 1.29 is 14.3 Å². The summed E-state index contributed by atoms with van der Waals surface area (Å²) in [5.74, 6) is -0.413. The number of pyridine rings is 1. The maximum Gasteiger partial charge on any atom is 0.287 e. The van der Waals surface area contributed by atoms with E-state index in [2.05, 4.69) is 15.6 Å². The Morgan fingerprint density at radius 3 is 2.54 bits per heavy atom. The van der Waals surface area contributed by atoms with Gasteiger partial charge in [0.25, 0.3) is 11.8 Å². The van der Waals surface area contributed by atoms with Crippen molar-refractivity contribution in [3.05, 3.63) is 71.8 Å². The maximum atomic E-state index is 12.6. The van der Waals surface area contributed by atoms with Crippen molar-refractivity contribution in [3.63, 3.8) is 0 Å². The fourth-order valence-corrected chi connectivity index (χ4v) is 2.91. The SMILES string of the molecule is COCCCNC(=O)c1nc(C(=O)NCCc2ccccc2)n2ccccc12. The second kappa shape index (κ2) is 9.66. The number of carbonyl (C=O) groups excluding carboxylic acids is 2. The van der Waals surface area contributed by atoms with E-state index in [1.165, 1.54) is 0 Å². The highest BCUT2D eigenvalue weighted by molar-refractivity contribution is 6.02. The van der Waals surface area contributed by atoms with Crippen LogP contribution in [0.1, 0.15) is 33.1 Å². The first kappa shape index (κ1) is 19.6. The van der Waals surface area contributed by atoms with Gasteiger partial charge in [-0.15, -0.1) is 0 Å². The predicted molar refractivity (Wildman–Crippen MR) is 106 cm³/mol. The lowest BCUT2D eigenvalue weighted by Gasteiger charge is -2.04. The molecule has 3 rings (SSSR count). The minimum Gasteiger partial charge on any atom is -0.385 e. The molecule has 0 unspecified atom stereocenters. The van der Waals surface area contributed by atoms with Crippen molar-refractivity contribution in [2.45, 2.75) is 12.8 Å². The van der Waals surface area contributed by atoms with Gasteiger partial charge in [-0.05, 0) is 30.5 Å². The largest absolute Gasteiger partial charge is 0.385 e. The highest BCUT2D eigenvalue weighted by Gasteiger charge is 2.20. The topological polar surface area (TPSA) is 84.7 Å². The Morgan fingerprint density at radius 2 is 1.75 bits per heavy atom. The molecule has 7 nitrogen and oxygen atoms in total. The van der Waals surface area contributed by atoms with Gasteiger partial charge in [-0.2, -0.15) is 0 Å². The van der Waals surface area contributed by atoms with Crippen molar-refractivity contribution in [3.8, 4) is 0 Å². The number of aromatic nitrogens is 2. The summed E-state index contributed by atoms with van der Waals surface area (Å²) in [6, 6.07) is 15.3. The number of hydrogen-bond acceptors (Lipinski definition) is 4. The Labute approximate surface area is 163 Å². The van der Waals surface area contributed by atoms with Crippen molar-refractivity contribution >= 4 is 17.3 Å². The van der Waals surface area contributed by atoms with Crippen molar-refractivity contribution in [1.82, 2.24) is 20.0 Å². The average molecular weight is 380 g/mol. The van der Waals surface area contributed by atoms with Gasteiger partial charge < -0.3 is 15.4 Å². The number of benzene rings is 1. The van der Waals surface area contributed by atoms with Gasteiger partial charge in [0.1, 0.15) is 0 Å². The predicted octanol–water partition coefficient (Wildman–Crippen LogP) is 2.07. The van der Waals surface area contributed by atoms with Crippen LogP contribution < -0.4 is 10.6 Å². The lowest BCUT2D eigenvalue weighted by Crippen LogP contribution is -2.28. The molecular weight excluding hydrogens is 356 g/mol. The lowest BCUT2D eigenvalue weighted by atomic mass is 10.1. The zero-order valence-electron chi connectivity index (χ0n) is 15.9. The first-order valence-electron chi connectivity index (χ1n) is 9.27. The van der Waals surface area contributed by atoms with Gasteiger partial charge >= 0.3 is 0 Å². The van der Waals surface area contributed by atoms with Gasteiger partial charge in [-0.1, -0.05) is 36.4 Å². The molecule has 2 amide bonds. The number of hydrogen-bond donors (Lipinski definition) is 2. The molecule has 28 heavy (non-hydrogen) atoms. The number of nitrogens with one attached hydrogen (secondary N) is 2. The fourth-order valence-electron chi connectivity index (χ4n) is 2.91. The number of rotatable bonds is 9. The standard InChI is InChI=1S/C21H24N4O3/c1-28-15-7-12-22-20(26)18-17-10-5-6-14-25(17)19(24-18)21(27)23-13-11-16-8-3-2-4-9-16/h2-6,8-10,14H,7,11-13,15H2,1H3,(H,22,26)(H,23,27). The molecule has 0 aliphatic rings. The molecule has 0 saturated carbocycles. The number of nitrogens with zero attached hydrogens (tertiary/aromatic N) is 2. The van der Waals surface area contributed by atoms with Crippen LogP contribution in [0.4, 0.5) is 0 Å². The van der Waals surface area contributed by atoms with Gasteiger partial charge in [-0.25, -0.2) is 4.98 Å². The van der Waals surface area contributed by atoms with Crippen molar-refractivity contribution in [1.29, 1.82) is 0 Å². The number of imidazole rings is 1. The highest BCUT2D eigenvalue weighted by atomic mass is 16.5. The normalized spacial score (nSPS) is 10.8. The molecule has 2 aromatic heterocycles. The summed E-state index contributed by atoms with van der Waals surface area (Å²) in [6.45, 7) is 1.54. The van der Waals surface area contributed by atoms with Crippen LogP contribution in [0.25, 0.3) is 5.52 Å². The van der Waals surface area contributed by atoms with Gasteiger partial charge in [0.2, 0.25) is 5.82 Å². The Hall–Kier alpha value is -3.19. The van der Waals surface area contributed by atoms with Crippen LogP contribution in [0.5, 0.6) is 0 Å². The summed E-state index contributed by atoms with van der Waals surface area (Å²) < 4.78 is 6.62. The fraction of sp³-hybridized carbons (Fsp3) is 0.286. The number of ether oxygens (including phenoxy) is 1. The van der Waals surface area contributed by atoms with E-state index in [1.807, 2.05) is 36.4 Å². The second-order valence-corrected chi connectivity index (χ2v) is 6.33. The molecule has 0 radical (unpaired) electrons. The molecule has 1 aromatic carbocycles. The molecule has 3 aromatic rings. The third-order valence-corrected chi connectivity index (χ3v) is 4.32. The summed E-state index contributed by atoms with van der Waals surface area (Å²) >= 11 is 0. The molecule has 146 valence electrons. The van der Waals surface area contributed by atoms with E-state index in [9.17, 15) is 9.59 Å². The Balaban J connectivity index is 1.70. The average Bonchev–Trinajstić information content (AvgIpc) is 3.12. The van der Waals surface area contributed by atoms with Gasteiger partial charge in [0.15, 0.2) is 5.69 Å². The molecule has 0 saturated heterocycles. The molecule has 0 fully saturated rings. The molecule has 0 bridgehead atoms. The maximum absolute atomic E-state index is 12.6. The Kier molecular flexibility index (Phi) is 6.75. The summed E-state index contributed by atoms with van der Waals surface area (Å²) in [5, 5.41) is 5.70. The zero-order chi connectivity index (χ0) is 19.8. The summed E-state index contributed by atoms with van der Waals surface area (Å²) in [6.07, 6.45) is 3.17. The Morgan fingerprint density at radius 1 is 1.00 bits per heavy atom. The molecule has 0 aliphatic heterocycles. The smallest absolute Gasteiger partial charge is 0.287 e. The molecule has 0 atom stereocenters. The van der Waals surface area contributed by atoms with E-state index in [1.54, 1.807) is 29.8 Å². The van der Waals surface area contributed by atoms with Crippen molar-refractivity contribution in [2.24, 2.45) is 0 Å². The van der Waals surface area contributed by atoms with Crippen LogP contribution in [0.3, 0.4) is 0 Å². The Bertz CT molecular complexity index is 937. The van der Waals surface area contributed by atoms with E-state index < -0.39 is 0 Å². The van der Waals surface area contributed by atoms with Crippen LogP contribution in [-0.4, -0.2) is 48.0 Å². The van der Waals surface area contributed by atoms with Crippen LogP contribution in [0, 0.1) is 0 Å². The van der Waals surface area contributed by atoms with E-state index in [0.29, 0.717) is 31.6 Å². The van der Waals surface area contributed by atoms with E-state index in [-0.39, 0.29) is 23.3 Å². The molecular formula is C21H24N4O3. The summed E-state index contributed by atoms with van der Waals surface area (Å²) in [5.41, 5.74) is 1.98.